The van der Waals surface area contributed by atoms with Gasteiger partial charge in [0.1, 0.15) is 0 Å². The molecule has 0 atom stereocenters. The number of carbonyl (C=O) groups is 1. The lowest BCUT2D eigenvalue weighted by Gasteiger charge is -2.13. The molecule has 2 heterocycles. The first kappa shape index (κ1) is 14.9. The van der Waals surface area contributed by atoms with Crippen LogP contribution >= 0.6 is 11.3 Å². The SMILES string of the molecule is CN(C(=O)Cc1cn(C)c2ccccc12)c1nc2ccccc2s1. The molecule has 0 spiro atoms. The van der Waals surface area contributed by atoms with Gasteiger partial charge in [-0.15, -0.1) is 0 Å². The van der Waals surface area contributed by atoms with Gasteiger partial charge in [-0.3, -0.25) is 9.69 Å². The van der Waals surface area contributed by atoms with Crippen molar-refractivity contribution in [1.29, 1.82) is 0 Å². The third kappa shape index (κ3) is 2.47. The predicted octanol–water partition coefficient (Wildman–Crippen LogP) is 3.99. The van der Waals surface area contributed by atoms with Gasteiger partial charge in [-0.1, -0.05) is 41.7 Å². The molecular weight excluding hydrogens is 318 g/mol. The molecule has 0 unspecified atom stereocenters. The molecule has 120 valence electrons. The van der Waals surface area contributed by atoms with Gasteiger partial charge in [0.2, 0.25) is 5.91 Å². The number of para-hydroxylation sites is 2. The van der Waals surface area contributed by atoms with Crippen LogP contribution in [0, 0.1) is 0 Å². The lowest BCUT2D eigenvalue weighted by atomic mass is 10.1. The van der Waals surface area contributed by atoms with Crippen LogP contribution in [-0.4, -0.2) is 22.5 Å². The number of carbonyl (C=O) groups excluding carboxylic acids is 1. The Kier molecular flexibility index (Phi) is 3.58. The summed E-state index contributed by atoms with van der Waals surface area (Å²) in [6.07, 6.45) is 2.41. The van der Waals surface area contributed by atoms with Crippen molar-refractivity contribution < 1.29 is 4.79 Å². The number of thiazole rings is 1. The molecule has 0 aliphatic carbocycles. The summed E-state index contributed by atoms with van der Waals surface area (Å²) in [5, 5.41) is 1.87. The topological polar surface area (TPSA) is 38.1 Å². The van der Waals surface area contributed by atoms with Crippen LogP contribution in [0.15, 0.2) is 54.7 Å². The van der Waals surface area contributed by atoms with Gasteiger partial charge in [-0.25, -0.2) is 4.98 Å². The molecule has 1 amide bonds. The fraction of sp³-hybridized carbons (Fsp3) is 0.158. The summed E-state index contributed by atoms with van der Waals surface area (Å²) in [7, 11) is 3.80. The van der Waals surface area contributed by atoms with Gasteiger partial charge in [0, 0.05) is 31.2 Å². The summed E-state index contributed by atoms with van der Waals surface area (Å²) >= 11 is 1.54. The summed E-state index contributed by atoms with van der Waals surface area (Å²) in [6.45, 7) is 0. The number of aromatic nitrogens is 2. The summed E-state index contributed by atoms with van der Waals surface area (Å²) in [4.78, 5) is 18.9. The van der Waals surface area contributed by atoms with Gasteiger partial charge >= 0.3 is 0 Å². The highest BCUT2D eigenvalue weighted by Gasteiger charge is 2.17. The maximum Gasteiger partial charge on any atom is 0.233 e. The zero-order valence-corrected chi connectivity index (χ0v) is 14.4. The zero-order chi connectivity index (χ0) is 16.7. The van der Waals surface area contributed by atoms with Gasteiger partial charge in [-0.2, -0.15) is 0 Å². The van der Waals surface area contributed by atoms with E-state index in [0.717, 1.165) is 31.8 Å². The second kappa shape index (κ2) is 5.76. The number of benzene rings is 2. The summed E-state index contributed by atoms with van der Waals surface area (Å²) in [5.74, 6) is 0.0467. The lowest BCUT2D eigenvalue weighted by molar-refractivity contribution is -0.117. The number of likely N-dealkylation sites (N-methyl/N-ethyl adjacent to an activating group) is 1. The predicted molar refractivity (Wildman–Crippen MR) is 99.7 cm³/mol. The van der Waals surface area contributed by atoms with Crippen LogP contribution in [0.5, 0.6) is 0 Å². The summed E-state index contributed by atoms with van der Waals surface area (Å²) < 4.78 is 3.16. The maximum absolute atomic E-state index is 12.7. The lowest BCUT2D eigenvalue weighted by Crippen LogP contribution is -2.27. The van der Waals surface area contributed by atoms with Crippen LogP contribution in [0.2, 0.25) is 0 Å². The Morgan fingerprint density at radius 1 is 1.17 bits per heavy atom. The number of amides is 1. The van der Waals surface area contributed by atoms with Crippen LogP contribution in [0.4, 0.5) is 5.13 Å². The highest BCUT2D eigenvalue weighted by Crippen LogP contribution is 2.28. The third-order valence-electron chi connectivity index (χ3n) is 4.26. The number of rotatable bonds is 3. The standard InChI is InChI=1S/C19H17N3OS/c1-21-12-13(14-7-3-5-9-16(14)21)11-18(23)22(2)19-20-15-8-4-6-10-17(15)24-19/h3-10,12H,11H2,1-2H3. The molecule has 5 heteroatoms. The maximum atomic E-state index is 12.7. The fourth-order valence-corrected chi connectivity index (χ4v) is 3.90. The molecule has 24 heavy (non-hydrogen) atoms. The van der Waals surface area contributed by atoms with Crippen LogP contribution in [-0.2, 0) is 18.3 Å². The van der Waals surface area contributed by atoms with Crippen molar-refractivity contribution >= 4 is 43.5 Å². The van der Waals surface area contributed by atoms with Crippen molar-refractivity contribution in [3.05, 3.63) is 60.3 Å². The van der Waals surface area contributed by atoms with Crippen molar-refractivity contribution in [3.63, 3.8) is 0 Å². The largest absolute Gasteiger partial charge is 0.350 e. The molecule has 2 aromatic heterocycles. The van der Waals surface area contributed by atoms with E-state index in [1.165, 1.54) is 0 Å². The molecule has 0 saturated heterocycles. The molecule has 0 N–H and O–H groups in total. The first-order chi connectivity index (χ1) is 11.6. The van der Waals surface area contributed by atoms with Crippen molar-refractivity contribution in [1.82, 2.24) is 9.55 Å². The number of aryl methyl sites for hydroxylation is 1. The minimum absolute atomic E-state index is 0.0467. The number of anilines is 1. The van der Waals surface area contributed by atoms with E-state index >= 15 is 0 Å². The quantitative estimate of drug-likeness (QED) is 0.568. The van der Waals surface area contributed by atoms with Gasteiger partial charge in [0.15, 0.2) is 5.13 Å². The van der Waals surface area contributed by atoms with Crippen molar-refractivity contribution in [3.8, 4) is 0 Å². The third-order valence-corrected chi connectivity index (χ3v) is 5.38. The average molecular weight is 335 g/mol. The molecule has 0 aliphatic heterocycles. The van der Waals surface area contributed by atoms with Gasteiger partial charge in [-0.05, 0) is 23.8 Å². The zero-order valence-electron chi connectivity index (χ0n) is 13.6. The first-order valence-electron chi connectivity index (χ1n) is 7.78. The Labute approximate surface area is 144 Å². The molecule has 2 aromatic carbocycles. The molecule has 0 saturated carbocycles. The number of hydrogen-bond acceptors (Lipinski definition) is 3. The van der Waals surface area contributed by atoms with Crippen LogP contribution in [0.1, 0.15) is 5.56 Å². The van der Waals surface area contributed by atoms with Crippen molar-refractivity contribution in [2.75, 3.05) is 11.9 Å². The van der Waals surface area contributed by atoms with E-state index in [0.29, 0.717) is 6.42 Å². The van der Waals surface area contributed by atoms with E-state index in [9.17, 15) is 4.79 Å². The fourth-order valence-electron chi connectivity index (χ4n) is 2.96. The Morgan fingerprint density at radius 3 is 2.75 bits per heavy atom. The highest BCUT2D eigenvalue weighted by atomic mass is 32.1. The van der Waals surface area contributed by atoms with Crippen molar-refractivity contribution in [2.24, 2.45) is 7.05 Å². The molecule has 0 bridgehead atoms. The molecule has 4 rings (SSSR count). The Hall–Kier alpha value is -2.66. The minimum atomic E-state index is 0.0467. The van der Waals surface area contributed by atoms with E-state index in [4.69, 9.17) is 0 Å². The Balaban J connectivity index is 1.63. The number of nitrogens with zero attached hydrogens (tertiary/aromatic N) is 3. The van der Waals surface area contributed by atoms with Crippen LogP contribution in [0.25, 0.3) is 21.1 Å². The van der Waals surface area contributed by atoms with Gasteiger partial charge < -0.3 is 4.57 Å². The Bertz CT molecular complexity index is 1010. The second-order valence-corrected chi connectivity index (χ2v) is 6.89. The highest BCUT2D eigenvalue weighted by molar-refractivity contribution is 7.22. The normalized spacial score (nSPS) is 11.2. The van der Waals surface area contributed by atoms with E-state index in [2.05, 4.69) is 21.7 Å². The van der Waals surface area contributed by atoms with Crippen LogP contribution in [0.3, 0.4) is 0 Å². The first-order valence-corrected chi connectivity index (χ1v) is 8.60. The van der Waals surface area contributed by atoms with Crippen LogP contribution < -0.4 is 4.90 Å². The van der Waals surface area contributed by atoms with E-state index in [-0.39, 0.29) is 5.91 Å². The number of hydrogen-bond donors (Lipinski definition) is 0. The second-order valence-electron chi connectivity index (χ2n) is 5.88. The Morgan fingerprint density at radius 2 is 1.92 bits per heavy atom. The average Bonchev–Trinajstić information content (AvgIpc) is 3.16. The molecule has 0 radical (unpaired) electrons. The van der Waals surface area contributed by atoms with E-state index < -0.39 is 0 Å². The number of fused-ring (bicyclic) bond motifs is 2. The monoisotopic (exact) mass is 335 g/mol. The molecular formula is C19H17N3OS. The molecule has 0 fully saturated rings. The molecule has 0 aliphatic rings. The van der Waals surface area contributed by atoms with Gasteiger partial charge in [0.05, 0.1) is 16.6 Å². The van der Waals surface area contributed by atoms with E-state index in [1.807, 2.05) is 49.6 Å². The summed E-state index contributed by atoms with van der Waals surface area (Å²) in [5.41, 5.74) is 3.12. The van der Waals surface area contributed by atoms with Gasteiger partial charge in [0.25, 0.3) is 0 Å². The smallest absolute Gasteiger partial charge is 0.233 e. The van der Waals surface area contributed by atoms with E-state index in [1.54, 1.807) is 23.3 Å². The summed E-state index contributed by atoms with van der Waals surface area (Å²) in [6, 6.07) is 16.1. The molecule has 4 nitrogen and oxygen atoms in total. The minimum Gasteiger partial charge on any atom is -0.350 e. The van der Waals surface area contributed by atoms with Crippen molar-refractivity contribution in [2.45, 2.75) is 6.42 Å². The molecule has 4 aromatic rings.